The van der Waals surface area contributed by atoms with E-state index in [1.54, 1.807) is 0 Å². The molecular formula is C5H9O4. The molecule has 0 rings (SSSR count). The second-order valence-corrected chi connectivity index (χ2v) is 1.67. The molecule has 0 aromatic carbocycles. The number of hydrogen-bond donors (Lipinski definition) is 3. The van der Waals surface area contributed by atoms with Crippen molar-refractivity contribution in [1.29, 1.82) is 0 Å². The van der Waals surface area contributed by atoms with Crippen molar-refractivity contribution in [2.45, 2.75) is 18.9 Å². The lowest BCUT2D eigenvalue weighted by molar-refractivity contribution is -0.139. The maximum absolute atomic E-state index is 9.83. The van der Waals surface area contributed by atoms with Crippen LogP contribution in [0.5, 0.6) is 0 Å². The van der Waals surface area contributed by atoms with E-state index in [9.17, 15) is 4.79 Å². The molecule has 3 N–H and O–H groups in total. The molecule has 0 fully saturated rings. The molecule has 0 saturated heterocycles. The summed E-state index contributed by atoms with van der Waals surface area (Å²) in [6.45, 7) is 0.744. The van der Waals surface area contributed by atoms with Gasteiger partial charge in [0.2, 0.25) is 0 Å². The van der Waals surface area contributed by atoms with Crippen molar-refractivity contribution < 1.29 is 20.1 Å². The number of carbonyl (C=O) groups is 1. The average molecular weight is 133 g/mol. The molecule has 1 atom stereocenters. The van der Waals surface area contributed by atoms with Crippen LogP contribution in [0, 0.1) is 6.61 Å². The first-order valence-corrected chi connectivity index (χ1v) is 2.52. The molecule has 4 nitrogen and oxygen atoms in total. The predicted octanol–water partition coefficient (Wildman–Crippen LogP) is -0.254. The van der Waals surface area contributed by atoms with Gasteiger partial charge in [0.1, 0.15) is 0 Å². The van der Waals surface area contributed by atoms with Crippen LogP contribution < -0.4 is 0 Å². The predicted molar refractivity (Wildman–Crippen MR) is 29.1 cm³/mol. The van der Waals surface area contributed by atoms with Gasteiger partial charge in [-0.2, -0.15) is 0 Å². The van der Waals surface area contributed by atoms with Gasteiger partial charge in [-0.15, -0.1) is 0 Å². The quantitative estimate of drug-likeness (QED) is 0.494. The highest BCUT2D eigenvalue weighted by molar-refractivity contribution is 5.67. The van der Waals surface area contributed by atoms with Crippen LogP contribution in [0.2, 0.25) is 0 Å². The van der Waals surface area contributed by atoms with E-state index in [2.05, 4.69) is 0 Å². The zero-order valence-corrected chi connectivity index (χ0v) is 4.82. The Labute approximate surface area is 52.7 Å². The van der Waals surface area contributed by atoms with Crippen LogP contribution in [0.15, 0.2) is 0 Å². The third kappa shape index (κ3) is 5.26. The van der Waals surface area contributed by atoms with Crippen molar-refractivity contribution in [3.63, 3.8) is 0 Å². The van der Waals surface area contributed by atoms with Crippen LogP contribution in [0.3, 0.4) is 0 Å². The lowest BCUT2D eigenvalue weighted by atomic mass is 10.2. The summed E-state index contributed by atoms with van der Waals surface area (Å²) in [7, 11) is 0. The topological polar surface area (TPSA) is 77.8 Å². The summed E-state index contributed by atoms with van der Waals surface area (Å²) in [5.74, 6) is -1.07. The first-order valence-electron chi connectivity index (χ1n) is 2.52. The van der Waals surface area contributed by atoms with Crippen molar-refractivity contribution in [3.05, 3.63) is 6.61 Å². The van der Waals surface area contributed by atoms with E-state index in [0.717, 1.165) is 6.61 Å². The Morgan fingerprint density at radius 1 is 1.67 bits per heavy atom. The number of hydrogen-bond acceptors (Lipinski definition) is 3. The summed E-state index contributed by atoms with van der Waals surface area (Å²) < 4.78 is 0. The van der Waals surface area contributed by atoms with Crippen LogP contribution in [-0.4, -0.2) is 27.4 Å². The van der Waals surface area contributed by atoms with E-state index < -0.39 is 12.1 Å². The molecule has 0 aliphatic heterocycles. The zero-order chi connectivity index (χ0) is 7.28. The highest BCUT2D eigenvalue weighted by atomic mass is 16.4. The Hall–Kier alpha value is -0.610. The molecule has 0 heterocycles. The Bertz CT molecular complexity index is 91.0. The summed E-state index contributed by atoms with van der Waals surface area (Å²) in [6.07, 6.45) is -1.28. The monoisotopic (exact) mass is 133 g/mol. The smallest absolute Gasteiger partial charge is 0.305 e. The highest BCUT2D eigenvalue weighted by Crippen LogP contribution is 1.97. The van der Waals surface area contributed by atoms with Gasteiger partial charge in [0.25, 0.3) is 0 Å². The van der Waals surface area contributed by atoms with Crippen molar-refractivity contribution in [2.75, 3.05) is 0 Å². The van der Waals surface area contributed by atoms with Crippen LogP contribution in [0.1, 0.15) is 12.8 Å². The Kier molecular flexibility index (Phi) is 4.00. The third-order valence-electron chi connectivity index (χ3n) is 0.788. The number of aliphatic carboxylic acids is 1. The van der Waals surface area contributed by atoms with E-state index in [1.807, 2.05) is 0 Å². The number of aliphatic hydroxyl groups is 2. The summed E-state index contributed by atoms with van der Waals surface area (Å²) in [6, 6.07) is 0. The van der Waals surface area contributed by atoms with Crippen molar-refractivity contribution in [2.24, 2.45) is 0 Å². The number of aliphatic hydroxyl groups excluding tert-OH is 2. The molecule has 0 amide bonds. The maximum Gasteiger partial charge on any atom is 0.305 e. The van der Waals surface area contributed by atoms with Gasteiger partial charge in [0.15, 0.2) is 0 Å². The van der Waals surface area contributed by atoms with E-state index in [4.69, 9.17) is 15.3 Å². The van der Waals surface area contributed by atoms with E-state index >= 15 is 0 Å². The Morgan fingerprint density at radius 2 is 2.22 bits per heavy atom. The molecule has 1 radical (unpaired) electrons. The number of carboxylic acid groups (broad SMARTS) is 1. The van der Waals surface area contributed by atoms with Crippen molar-refractivity contribution >= 4 is 5.97 Å². The zero-order valence-electron chi connectivity index (χ0n) is 4.82. The highest BCUT2D eigenvalue weighted by Gasteiger charge is 2.07. The molecule has 0 aliphatic rings. The first kappa shape index (κ1) is 8.39. The minimum atomic E-state index is -1.07. The fourth-order valence-corrected chi connectivity index (χ4v) is 0.407. The van der Waals surface area contributed by atoms with Gasteiger partial charge < -0.3 is 15.3 Å². The largest absolute Gasteiger partial charge is 0.481 e. The van der Waals surface area contributed by atoms with Gasteiger partial charge in [-0.1, -0.05) is 0 Å². The fraction of sp³-hybridized carbons (Fsp3) is 0.600. The maximum atomic E-state index is 9.83. The summed E-state index contributed by atoms with van der Waals surface area (Å²) in [4.78, 5) is 9.83. The van der Waals surface area contributed by atoms with Crippen LogP contribution in [0.25, 0.3) is 0 Å². The van der Waals surface area contributed by atoms with E-state index in [-0.39, 0.29) is 12.8 Å². The fourth-order valence-electron chi connectivity index (χ4n) is 0.407. The molecule has 0 aromatic rings. The summed E-state index contributed by atoms with van der Waals surface area (Å²) in [5.41, 5.74) is 0. The van der Waals surface area contributed by atoms with Gasteiger partial charge in [-0.05, 0) is 0 Å². The van der Waals surface area contributed by atoms with Crippen LogP contribution in [-0.2, 0) is 4.79 Å². The minimum Gasteiger partial charge on any atom is -0.481 e. The lowest BCUT2D eigenvalue weighted by Gasteiger charge is -2.02. The molecule has 4 heteroatoms. The van der Waals surface area contributed by atoms with Crippen molar-refractivity contribution in [3.8, 4) is 0 Å². The molecule has 53 valence electrons. The van der Waals surface area contributed by atoms with E-state index in [0.29, 0.717) is 0 Å². The molecule has 0 bridgehead atoms. The van der Waals surface area contributed by atoms with Gasteiger partial charge in [-0.3, -0.25) is 4.79 Å². The second kappa shape index (κ2) is 4.29. The van der Waals surface area contributed by atoms with E-state index in [1.165, 1.54) is 0 Å². The molecule has 9 heavy (non-hydrogen) atoms. The first-order chi connectivity index (χ1) is 4.16. The van der Waals surface area contributed by atoms with Gasteiger partial charge in [-0.25, -0.2) is 0 Å². The van der Waals surface area contributed by atoms with Gasteiger partial charge in [0, 0.05) is 6.42 Å². The minimum absolute atomic E-state index is 0.00625. The number of rotatable bonds is 4. The summed E-state index contributed by atoms with van der Waals surface area (Å²) in [5, 5.41) is 24.8. The molecular weight excluding hydrogens is 124 g/mol. The Balaban J connectivity index is 3.26. The standard InChI is InChI=1S/C5H9O4/c6-2-1-4(7)3-5(8)9/h2,4,6-7H,1,3H2,(H,8,9). The molecule has 0 aromatic heterocycles. The third-order valence-corrected chi connectivity index (χ3v) is 0.788. The molecule has 0 spiro atoms. The van der Waals surface area contributed by atoms with Crippen LogP contribution in [0.4, 0.5) is 0 Å². The van der Waals surface area contributed by atoms with Crippen LogP contribution >= 0.6 is 0 Å². The lowest BCUT2D eigenvalue weighted by Crippen LogP contribution is -2.12. The number of carboxylic acids is 1. The average Bonchev–Trinajstić information content (AvgIpc) is 1.63. The molecule has 0 aliphatic carbocycles. The van der Waals surface area contributed by atoms with Gasteiger partial charge in [0.05, 0.1) is 19.1 Å². The Morgan fingerprint density at radius 3 is 2.56 bits per heavy atom. The summed E-state index contributed by atoms with van der Waals surface area (Å²) >= 11 is 0. The second-order valence-electron chi connectivity index (χ2n) is 1.67. The van der Waals surface area contributed by atoms with Gasteiger partial charge >= 0.3 is 5.97 Å². The molecule has 1 unspecified atom stereocenters. The van der Waals surface area contributed by atoms with Crippen molar-refractivity contribution in [1.82, 2.24) is 0 Å². The SMILES string of the molecule is O=C(O)CC(O)C[CH]O. The normalized spacial score (nSPS) is 13.1. The molecule has 0 saturated carbocycles.